The number of fused-ring (bicyclic) bond motifs is 2. The van der Waals surface area contributed by atoms with Gasteiger partial charge in [0, 0.05) is 23.4 Å². The third-order valence-electron chi connectivity index (χ3n) is 4.45. The van der Waals surface area contributed by atoms with Gasteiger partial charge in [-0.15, -0.1) is 10.2 Å². The van der Waals surface area contributed by atoms with Gasteiger partial charge in [0.05, 0.1) is 17.4 Å². The summed E-state index contributed by atoms with van der Waals surface area (Å²) in [6, 6.07) is 9.82. The lowest BCUT2D eigenvalue weighted by molar-refractivity contribution is 0.0996. The smallest absolute Gasteiger partial charge is 0.271 e. The molecule has 0 spiro atoms. The molecular formula is C18H16N6O. The maximum atomic E-state index is 11.5. The molecule has 0 atom stereocenters. The van der Waals surface area contributed by atoms with E-state index in [0.29, 0.717) is 10.9 Å². The molecule has 0 saturated carbocycles. The van der Waals surface area contributed by atoms with Gasteiger partial charge in [0.1, 0.15) is 5.52 Å². The van der Waals surface area contributed by atoms with Gasteiger partial charge in [0.25, 0.3) is 5.91 Å². The lowest BCUT2D eigenvalue weighted by Crippen LogP contribution is -2.16. The summed E-state index contributed by atoms with van der Waals surface area (Å²) in [4.78, 5) is 11.5. The van der Waals surface area contributed by atoms with E-state index in [1.165, 1.54) is 0 Å². The Hall–Kier alpha value is -3.48. The number of nitrogen functional groups attached to an aromatic ring is 1. The molecule has 25 heavy (non-hydrogen) atoms. The molecule has 2 aromatic heterocycles. The van der Waals surface area contributed by atoms with Crippen molar-refractivity contribution >= 4 is 33.4 Å². The zero-order chi connectivity index (χ0) is 17.7. The fourth-order valence-corrected chi connectivity index (χ4v) is 3.15. The number of hydrogen-bond acceptors (Lipinski definition) is 5. The minimum atomic E-state index is -0.690. The monoisotopic (exact) mass is 332 g/mol. The van der Waals surface area contributed by atoms with Crippen molar-refractivity contribution in [1.29, 1.82) is 0 Å². The minimum absolute atomic E-state index is 0.0107. The van der Waals surface area contributed by atoms with Crippen molar-refractivity contribution in [3.05, 3.63) is 47.8 Å². The van der Waals surface area contributed by atoms with Crippen LogP contribution >= 0.6 is 0 Å². The molecule has 0 unspecified atom stereocenters. The van der Waals surface area contributed by atoms with Crippen LogP contribution in [0.2, 0.25) is 0 Å². The topological polar surface area (TPSA) is 113 Å². The fourth-order valence-electron chi connectivity index (χ4n) is 3.15. The summed E-state index contributed by atoms with van der Waals surface area (Å²) < 4.78 is 1.83. The lowest BCUT2D eigenvalue weighted by Gasteiger charge is -2.11. The molecule has 0 saturated heterocycles. The van der Waals surface area contributed by atoms with Crippen molar-refractivity contribution in [2.24, 2.45) is 12.8 Å². The number of nitrogens with zero attached hydrogens (tertiary/aromatic N) is 4. The SMILES string of the molecule is Cc1cc2cnn(C)c2cc1-c1cccc2c(N)c(C(N)=O)nnc12. The van der Waals surface area contributed by atoms with Crippen molar-refractivity contribution in [1.82, 2.24) is 20.0 Å². The summed E-state index contributed by atoms with van der Waals surface area (Å²) in [5.41, 5.74) is 16.3. The normalized spacial score (nSPS) is 11.3. The fraction of sp³-hybridized carbons (Fsp3) is 0.111. The predicted molar refractivity (Wildman–Crippen MR) is 96.9 cm³/mol. The molecule has 7 nitrogen and oxygen atoms in total. The second kappa shape index (κ2) is 5.27. The molecule has 0 fully saturated rings. The second-order valence-electron chi connectivity index (χ2n) is 6.02. The summed E-state index contributed by atoms with van der Waals surface area (Å²) >= 11 is 0. The third kappa shape index (κ3) is 2.20. The Morgan fingerprint density at radius 1 is 1.16 bits per heavy atom. The maximum Gasteiger partial charge on any atom is 0.271 e. The van der Waals surface area contributed by atoms with Gasteiger partial charge < -0.3 is 11.5 Å². The van der Waals surface area contributed by atoms with Crippen LogP contribution in [0.1, 0.15) is 16.1 Å². The van der Waals surface area contributed by atoms with Gasteiger partial charge in [-0.3, -0.25) is 9.48 Å². The Morgan fingerprint density at radius 2 is 1.96 bits per heavy atom. The van der Waals surface area contributed by atoms with E-state index in [4.69, 9.17) is 11.5 Å². The van der Waals surface area contributed by atoms with E-state index >= 15 is 0 Å². The summed E-state index contributed by atoms with van der Waals surface area (Å²) in [6.45, 7) is 2.04. The summed E-state index contributed by atoms with van der Waals surface area (Å²) in [7, 11) is 1.90. The van der Waals surface area contributed by atoms with E-state index in [0.717, 1.165) is 27.6 Å². The maximum absolute atomic E-state index is 11.5. The molecule has 1 amide bonds. The van der Waals surface area contributed by atoms with E-state index in [1.807, 2.05) is 43.0 Å². The number of nitrogens with two attached hydrogens (primary N) is 2. The third-order valence-corrected chi connectivity index (χ3v) is 4.45. The van der Waals surface area contributed by atoms with Crippen LogP contribution in [0.3, 0.4) is 0 Å². The molecule has 2 aromatic carbocycles. The van der Waals surface area contributed by atoms with E-state index in [1.54, 1.807) is 0 Å². The molecule has 2 heterocycles. The second-order valence-corrected chi connectivity index (χ2v) is 6.02. The largest absolute Gasteiger partial charge is 0.396 e. The van der Waals surface area contributed by atoms with E-state index in [9.17, 15) is 4.79 Å². The van der Waals surface area contributed by atoms with E-state index < -0.39 is 5.91 Å². The van der Waals surface area contributed by atoms with Gasteiger partial charge in [-0.2, -0.15) is 5.10 Å². The Balaban J connectivity index is 2.05. The van der Waals surface area contributed by atoms with Crippen molar-refractivity contribution in [3.8, 4) is 11.1 Å². The van der Waals surface area contributed by atoms with Crippen LogP contribution in [0.4, 0.5) is 5.69 Å². The van der Waals surface area contributed by atoms with Crippen LogP contribution in [0, 0.1) is 6.92 Å². The number of rotatable bonds is 2. The molecule has 0 radical (unpaired) electrons. The molecule has 7 heteroatoms. The highest BCUT2D eigenvalue weighted by Gasteiger charge is 2.16. The summed E-state index contributed by atoms with van der Waals surface area (Å²) in [6.07, 6.45) is 1.84. The number of anilines is 1. The number of carbonyl (C=O) groups excluding carboxylic acids is 1. The first kappa shape index (κ1) is 15.1. The van der Waals surface area contributed by atoms with Crippen LogP contribution in [-0.2, 0) is 7.05 Å². The summed E-state index contributed by atoms with van der Waals surface area (Å²) in [5, 5.41) is 14.2. The zero-order valence-corrected chi connectivity index (χ0v) is 13.8. The molecule has 0 aliphatic carbocycles. The Morgan fingerprint density at radius 3 is 2.72 bits per heavy atom. The van der Waals surface area contributed by atoms with Crippen LogP contribution in [0.25, 0.3) is 32.9 Å². The highest BCUT2D eigenvalue weighted by molar-refractivity contribution is 6.07. The lowest BCUT2D eigenvalue weighted by atomic mass is 9.96. The molecule has 0 aliphatic rings. The predicted octanol–water partition coefficient (Wildman–Crippen LogP) is 2.17. The molecule has 124 valence electrons. The molecule has 4 aromatic rings. The van der Waals surface area contributed by atoms with E-state index in [2.05, 4.69) is 27.4 Å². The first-order chi connectivity index (χ1) is 12.0. The van der Waals surface area contributed by atoms with Gasteiger partial charge in [0.15, 0.2) is 5.69 Å². The average Bonchev–Trinajstić information content (AvgIpc) is 2.94. The van der Waals surface area contributed by atoms with Gasteiger partial charge >= 0.3 is 0 Å². The highest BCUT2D eigenvalue weighted by Crippen LogP contribution is 2.34. The Kier molecular flexibility index (Phi) is 3.18. The Bertz CT molecular complexity index is 1160. The zero-order valence-electron chi connectivity index (χ0n) is 13.8. The van der Waals surface area contributed by atoms with Crippen LogP contribution in [-0.4, -0.2) is 25.9 Å². The molecule has 0 aliphatic heterocycles. The van der Waals surface area contributed by atoms with Gasteiger partial charge in [-0.25, -0.2) is 0 Å². The summed E-state index contributed by atoms with van der Waals surface area (Å²) in [5.74, 6) is -0.690. The number of hydrogen-bond donors (Lipinski definition) is 2. The Labute approximate surface area is 143 Å². The van der Waals surface area contributed by atoms with Gasteiger partial charge in [-0.05, 0) is 30.2 Å². The van der Waals surface area contributed by atoms with Crippen molar-refractivity contribution in [2.45, 2.75) is 6.92 Å². The first-order valence-corrected chi connectivity index (χ1v) is 7.75. The van der Waals surface area contributed by atoms with Crippen LogP contribution in [0.15, 0.2) is 36.5 Å². The van der Waals surface area contributed by atoms with Gasteiger partial charge in [0.2, 0.25) is 0 Å². The van der Waals surface area contributed by atoms with E-state index in [-0.39, 0.29) is 11.4 Å². The van der Waals surface area contributed by atoms with Crippen LogP contribution in [0.5, 0.6) is 0 Å². The number of benzene rings is 2. The van der Waals surface area contributed by atoms with Gasteiger partial charge in [-0.1, -0.05) is 18.2 Å². The molecular weight excluding hydrogens is 316 g/mol. The molecule has 4 N–H and O–H groups in total. The number of primary amides is 1. The number of aromatic nitrogens is 4. The molecule has 0 bridgehead atoms. The number of amides is 1. The number of aryl methyl sites for hydroxylation is 2. The first-order valence-electron chi connectivity index (χ1n) is 7.75. The highest BCUT2D eigenvalue weighted by atomic mass is 16.1. The molecule has 4 rings (SSSR count). The van der Waals surface area contributed by atoms with Crippen molar-refractivity contribution in [2.75, 3.05) is 5.73 Å². The standard InChI is InChI=1S/C18H16N6O/c1-9-6-10-8-21-24(2)14(10)7-13(9)11-4-3-5-12-15(19)17(18(20)25)23-22-16(11)12/h3-8H,1-2H3,(H2,19,22)(H2,20,25). The quantitative estimate of drug-likeness (QED) is 0.584. The van der Waals surface area contributed by atoms with Crippen LogP contribution < -0.4 is 11.5 Å². The van der Waals surface area contributed by atoms with Crippen molar-refractivity contribution in [3.63, 3.8) is 0 Å². The average molecular weight is 332 g/mol. The van der Waals surface area contributed by atoms with Crippen molar-refractivity contribution < 1.29 is 4.79 Å². The number of carbonyl (C=O) groups is 1. The minimum Gasteiger partial charge on any atom is -0.396 e.